The van der Waals surface area contributed by atoms with Crippen molar-refractivity contribution in [3.8, 4) is 5.75 Å². The maximum Gasteiger partial charge on any atom is 0.340 e. The van der Waals surface area contributed by atoms with E-state index < -0.39 is 45.2 Å². The number of carbonyl (C=O) groups is 3. The van der Waals surface area contributed by atoms with Crippen molar-refractivity contribution in [2.24, 2.45) is 11.3 Å². The van der Waals surface area contributed by atoms with Crippen molar-refractivity contribution in [2.45, 2.75) is 48.8 Å². The van der Waals surface area contributed by atoms with Crippen LogP contribution in [-0.4, -0.2) is 43.8 Å². The molecule has 0 saturated carbocycles. The number of benzene rings is 4. The van der Waals surface area contributed by atoms with Crippen LogP contribution in [-0.2, 0) is 26.7 Å². The fraction of sp³-hybridized carbons (Fsp3) is 0.256. The minimum atomic E-state index is -1.92. The fourth-order valence-corrected chi connectivity index (χ4v) is 9.62. The fourth-order valence-electron chi connectivity index (χ4n) is 7.47. The van der Waals surface area contributed by atoms with Crippen LogP contribution in [0.15, 0.2) is 131 Å². The average Bonchev–Trinajstić information content (AvgIpc) is 3.64. The number of hydrogen-bond acceptors (Lipinski definition) is 7. The zero-order chi connectivity index (χ0) is 33.7. The number of esters is 1. The Hall–Kier alpha value is -4.02. The first-order valence-corrected chi connectivity index (χ1v) is 17.5. The summed E-state index contributed by atoms with van der Waals surface area (Å²) in [7, 11) is 0. The number of halogens is 1. The van der Waals surface area contributed by atoms with E-state index in [0.29, 0.717) is 16.9 Å². The van der Waals surface area contributed by atoms with Crippen LogP contribution >= 0.6 is 27.7 Å². The summed E-state index contributed by atoms with van der Waals surface area (Å²) in [6.45, 7) is 4.03. The first kappa shape index (κ1) is 32.5. The highest BCUT2D eigenvalue weighted by Crippen LogP contribution is 2.68. The zero-order valence-corrected chi connectivity index (χ0v) is 28.8. The van der Waals surface area contributed by atoms with Gasteiger partial charge in [-0.1, -0.05) is 113 Å². The van der Waals surface area contributed by atoms with Crippen molar-refractivity contribution >= 4 is 45.4 Å². The number of ketones is 1. The number of carbonyl (C=O) groups excluding carboxylic acids is 3. The number of allylic oxidation sites excluding steroid dienone is 1. The second kappa shape index (κ2) is 12.5. The highest BCUT2D eigenvalue weighted by molar-refractivity contribution is 9.10. The molecule has 2 aliphatic heterocycles. The molecule has 7 nitrogen and oxygen atoms in total. The minimum absolute atomic E-state index is 0.0978. The Balaban J connectivity index is 1.30. The standard InChI is InChI=1S/C39H34BrNO6S/c1-37(2)34(39(45,27-14-8-4-9-15-27)46-24-25-12-6-3-7-13-25)41-35(44)38(36(41)48-37)30(32(42)26-18-20-28(40)21-19-26)22-23-31(38)33(43)47-29-16-10-5-11-17-29/h3-21,23,30,34,36,45H,22,24H2,1-2H3/t30?,34-,36-,38?,39?/m1/s1. The van der Waals surface area contributed by atoms with E-state index in [1.165, 1.54) is 11.8 Å². The summed E-state index contributed by atoms with van der Waals surface area (Å²) in [6, 6.07) is 33.5. The Morgan fingerprint density at radius 2 is 1.52 bits per heavy atom. The van der Waals surface area contributed by atoms with Gasteiger partial charge in [0.2, 0.25) is 11.7 Å². The lowest BCUT2D eigenvalue weighted by atomic mass is 9.63. The number of nitrogens with zero attached hydrogens (tertiary/aromatic N) is 1. The molecule has 244 valence electrons. The average molecular weight is 725 g/mol. The Labute approximate surface area is 292 Å². The third-order valence-corrected chi connectivity index (χ3v) is 11.8. The van der Waals surface area contributed by atoms with E-state index in [0.717, 1.165) is 10.0 Å². The van der Waals surface area contributed by atoms with Crippen molar-refractivity contribution in [1.82, 2.24) is 4.90 Å². The summed E-state index contributed by atoms with van der Waals surface area (Å²) in [5.74, 6) is -3.72. The summed E-state index contributed by atoms with van der Waals surface area (Å²) in [4.78, 5) is 44.9. The molecule has 5 atom stereocenters. The van der Waals surface area contributed by atoms with Crippen molar-refractivity contribution in [2.75, 3.05) is 0 Å². The lowest BCUT2D eigenvalue weighted by Gasteiger charge is -2.57. The van der Waals surface area contributed by atoms with Gasteiger partial charge in [-0.3, -0.25) is 9.59 Å². The molecule has 9 heteroatoms. The summed E-state index contributed by atoms with van der Waals surface area (Å²) < 4.78 is 12.3. The number of amides is 1. The number of ether oxygens (including phenoxy) is 2. The number of Topliss-reactive ketones (excluding diaryl/α,β-unsaturated/α-hetero) is 1. The number of hydrogen-bond donors (Lipinski definition) is 1. The highest BCUT2D eigenvalue weighted by Gasteiger charge is 2.79. The molecule has 1 N–H and O–H groups in total. The Kier molecular flexibility index (Phi) is 8.44. The summed E-state index contributed by atoms with van der Waals surface area (Å²) in [5.41, 5.74) is 0.491. The highest BCUT2D eigenvalue weighted by atomic mass is 79.9. The molecule has 4 aromatic rings. The van der Waals surface area contributed by atoms with Crippen LogP contribution in [0.4, 0.5) is 0 Å². The van der Waals surface area contributed by atoms with Crippen LogP contribution in [0.25, 0.3) is 0 Å². The third-order valence-electron chi connectivity index (χ3n) is 9.61. The summed E-state index contributed by atoms with van der Waals surface area (Å²) in [5, 5.41) is 12.0. The van der Waals surface area contributed by atoms with E-state index in [-0.39, 0.29) is 24.4 Å². The van der Waals surface area contributed by atoms with E-state index in [1.54, 1.807) is 71.6 Å². The molecular weight excluding hydrogens is 690 g/mol. The van der Waals surface area contributed by atoms with Crippen LogP contribution in [0.3, 0.4) is 0 Å². The topological polar surface area (TPSA) is 93.1 Å². The molecule has 1 spiro atoms. The van der Waals surface area contributed by atoms with E-state index in [1.807, 2.05) is 68.4 Å². The molecule has 3 unspecified atom stereocenters. The molecule has 2 heterocycles. The van der Waals surface area contributed by atoms with Gasteiger partial charge in [0.1, 0.15) is 17.2 Å². The minimum Gasteiger partial charge on any atom is -0.423 e. The number of β-lactam (4-membered cyclic amide) rings is 1. The number of para-hydroxylation sites is 1. The molecular formula is C39H34BrNO6S. The van der Waals surface area contributed by atoms with Crippen molar-refractivity contribution < 1.29 is 29.0 Å². The molecule has 2 fully saturated rings. The van der Waals surface area contributed by atoms with Crippen molar-refractivity contribution in [3.05, 3.63) is 148 Å². The molecule has 2 saturated heterocycles. The van der Waals surface area contributed by atoms with Crippen LogP contribution in [0.1, 0.15) is 41.8 Å². The molecule has 3 aliphatic rings. The van der Waals surface area contributed by atoms with Crippen molar-refractivity contribution in [1.29, 1.82) is 0 Å². The molecule has 7 rings (SSSR count). The van der Waals surface area contributed by atoms with Gasteiger partial charge < -0.3 is 19.5 Å². The monoisotopic (exact) mass is 723 g/mol. The molecule has 1 amide bonds. The predicted octanol–water partition coefficient (Wildman–Crippen LogP) is 7.29. The molecule has 0 aromatic heterocycles. The normalized spacial score (nSPS) is 25.2. The maximum atomic E-state index is 15.0. The first-order valence-electron chi connectivity index (χ1n) is 15.8. The number of aliphatic hydroxyl groups is 1. The largest absolute Gasteiger partial charge is 0.423 e. The van der Waals surface area contributed by atoms with Crippen LogP contribution in [0, 0.1) is 11.3 Å². The van der Waals surface area contributed by atoms with Gasteiger partial charge in [-0.15, -0.1) is 11.8 Å². The Morgan fingerprint density at radius 3 is 2.17 bits per heavy atom. The Bertz CT molecular complexity index is 1880. The molecule has 4 aromatic carbocycles. The smallest absolute Gasteiger partial charge is 0.340 e. The van der Waals surface area contributed by atoms with Gasteiger partial charge in [-0.05, 0) is 50.1 Å². The zero-order valence-electron chi connectivity index (χ0n) is 26.4. The summed E-state index contributed by atoms with van der Waals surface area (Å²) in [6.07, 6.45) is 1.89. The predicted molar refractivity (Wildman–Crippen MR) is 187 cm³/mol. The van der Waals surface area contributed by atoms with Crippen LogP contribution in [0.2, 0.25) is 0 Å². The van der Waals surface area contributed by atoms with Gasteiger partial charge in [0.25, 0.3) is 0 Å². The molecule has 48 heavy (non-hydrogen) atoms. The van der Waals surface area contributed by atoms with Gasteiger partial charge in [0, 0.05) is 26.3 Å². The SMILES string of the molecule is CC1(C)S[C@H]2N(C(=O)C23C(C(=O)Oc2ccccc2)=CCC3C(=O)c2ccc(Br)cc2)[C@H]1C(O)(OCc1ccccc1)c1ccccc1. The number of fused-ring (bicyclic) bond motifs is 2. The first-order chi connectivity index (χ1) is 23.1. The quantitative estimate of drug-likeness (QED) is 0.0637. The van der Waals surface area contributed by atoms with Gasteiger partial charge in [0.05, 0.1) is 17.6 Å². The van der Waals surface area contributed by atoms with E-state index >= 15 is 4.79 Å². The van der Waals surface area contributed by atoms with Crippen molar-refractivity contribution in [3.63, 3.8) is 0 Å². The van der Waals surface area contributed by atoms with Crippen LogP contribution in [0.5, 0.6) is 5.75 Å². The van der Waals surface area contributed by atoms with E-state index in [2.05, 4.69) is 15.9 Å². The van der Waals surface area contributed by atoms with Gasteiger partial charge in [0.15, 0.2) is 5.78 Å². The van der Waals surface area contributed by atoms with Gasteiger partial charge in [-0.2, -0.15) is 0 Å². The molecule has 1 aliphatic carbocycles. The van der Waals surface area contributed by atoms with E-state index in [9.17, 15) is 14.7 Å². The molecule has 0 radical (unpaired) electrons. The van der Waals surface area contributed by atoms with Gasteiger partial charge in [-0.25, -0.2) is 4.79 Å². The summed E-state index contributed by atoms with van der Waals surface area (Å²) >= 11 is 4.91. The third kappa shape index (κ3) is 5.24. The number of thioether (sulfide) groups is 1. The Morgan fingerprint density at radius 1 is 0.917 bits per heavy atom. The van der Waals surface area contributed by atoms with E-state index in [4.69, 9.17) is 9.47 Å². The maximum absolute atomic E-state index is 15.0. The lowest BCUT2D eigenvalue weighted by molar-refractivity contribution is -0.269. The second-order valence-electron chi connectivity index (χ2n) is 12.9. The van der Waals surface area contributed by atoms with Gasteiger partial charge >= 0.3 is 5.97 Å². The second-order valence-corrected chi connectivity index (χ2v) is 15.5. The lowest BCUT2D eigenvalue weighted by Crippen LogP contribution is -2.74. The number of rotatable bonds is 9. The molecule has 0 bridgehead atoms. The van der Waals surface area contributed by atoms with Crippen LogP contribution < -0.4 is 4.74 Å².